The summed E-state index contributed by atoms with van der Waals surface area (Å²) < 4.78 is 32.1. The van der Waals surface area contributed by atoms with E-state index in [1.165, 1.54) is 6.07 Å². The Hall–Kier alpha value is -0.960. The fourth-order valence-electron chi connectivity index (χ4n) is 1.64. The number of aromatic carboxylic acids is 1. The van der Waals surface area contributed by atoms with Crippen molar-refractivity contribution in [3.8, 4) is 0 Å². The van der Waals surface area contributed by atoms with Crippen LogP contribution < -0.4 is 4.72 Å². The molecule has 1 aliphatic heterocycles. The molecule has 104 valence electrons. The molecule has 0 bridgehead atoms. The average Bonchev–Trinajstić information content (AvgIpc) is 2.27. The summed E-state index contributed by atoms with van der Waals surface area (Å²) in [5, 5.41) is 8.98. The van der Waals surface area contributed by atoms with Crippen LogP contribution in [0.1, 0.15) is 15.9 Å². The van der Waals surface area contributed by atoms with Gasteiger partial charge in [0.05, 0.1) is 29.7 Å². The first kappa shape index (κ1) is 14.4. The molecule has 8 heteroatoms. The Morgan fingerprint density at radius 1 is 1.47 bits per heavy atom. The van der Waals surface area contributed by atoms with Crippen LogP contribution in [0, 0.1) is 6.92 Å². The van der Waals surface area contributed by atoms with Crippen molar-refractivity contribution in [2.75, 3.05) is 13.2 Å². The summed E-state index contributed by atoms with van der Waals surface area (Å²) in [6, 6.07) is 2.30. The average molecular weight is 350 g/mol. The molecule has 0 unspecified atom stereocenters. The number of ether oxygens (including phenoxy) is 1. The van der Waals surface area contributed by atoms with Gasteiger partial charge in [-0.25, -0.2) is 17.9 Å². The smallest absolute Gasteiger partial charge is 0.335 e. The number of carboxylic acids is 1. The molecule has 2 N–H and O–H groups in total. The van der Waals surface area contributed by atoms with E-state index in [-0.39, 0.29) is 16.5 Å². The molecular formula is C11H12BrNO5S. The van der Waals surface area contributed by atoms with Gasteiger partial charge in [-0.2, -0.15) is 0 Å². The lowest BCUT2D eigenvalue weighted by Gasteiger charge is -2.26. The van der Waals surface area contributed by atoms with Crippen LogP contribution in [0.5, 0.6) is 0 Å². The van der Waals surface area contributed by atoms with Crippen LogP contribution in [-0.2, 0) is 14.8 Å². The van der Waals surface area contributed by atoms with Crippen LogP contribution in [-0.4, -0.2) is 38.7 Å². The summed E-state index contributed by atoms with van der Waals surface area (Å²) in [5.41, 5.74) is 0.482. The Balaban J connectivity index is 2.44. The summed E-state index contributed by atoms with van der Waals surface area (Å²) in [6.45, 7) is 2.30. The first-order valence-electron chi connectivity index (χ1n) is 5.45. The lowest BCUT2D eigenvalue weighted by molar-refractivity contribution is 0.00481. The molecule has 6 nitrogen and oxygen atoms in total. The molecule has 1 fully saturated rings. The fourth-order valence-corrected chi connectivity index (χ4v) is 3.89. The first-order chi connectivity index (χ1) is 8.81. The largest absolute Gasteiger partial charge is 0.478 e. The highest BCUT2D eigenvalue weighted by Crippen LogP contribution is 2.27. The van der Waals surface area contributed by atoms with Crippen molar-refractivity contribution >= 4 is 31.9 Å². The van der Waals surface area contributed by atoms with E-state index in [1.54, 1.807) is 6.92 Å². The predicted octanol–water partition coefficient (Wildman–Crippen LogP) is 1.13. The zero-order chi connectivity index (χ0) is 14.2. The molecule has 1 heterocycles. The van der Waals surface area contributed by atoms with Gasteiger partial charge in [0.25, 0.3) is 0 Å². The quantitative estimate of drug-likeness (QED) is 0.849. The van der Waals surface area contributed by atoms with Crippen molar-refractivity contribution in [3.05, 3.63) is 27.7 Å². The number of aryl methyl sites for hydroxylation is 1. The van der Waals surface area contributed by atoms with Crippen molar-refractivity contribution in [1.29, 1.82) is 0 Å². The first-order valence-corrected chi connectivity index (χ1v) is 7.72. The minimum atomic E-state index is -3.77. The number of carbonyl (C=O) groups is 1. The lowest BCUT2D eigenvalue weighted by Crippen LogP contribution is -2.48. The molecule has 0 amide bonds. The Labute approximate surface area is 118 Å². The number of carboxylic acid groups (broad SMARTS) is 1. The molecule has 1 aromatic carbocycles. The van der Waals surface area contributed by atoms with Gasteiger partial charge in [0, 0.05) is 4.47 Å². The van der Waals surface area contributed by atoms with Crippen LogP contribution in [0.2, 0.25) is 0 Å². The SMILES string of the molecule is Cc1cc(C(=O)O)cc(S(=O)(=O)NC2COC2)c1Br. The van der Waals surface area contributed by atoms with Crippen molar-refractivity contribution in [2.24, 2.45) is 0 Å². The highest BCUT2D eigenvalue weighted by atomic mass is 79.9. The molecule has 1 saturated heterocycles. The summed E-state index contributed by atoms with van der Waals surface area (Å²) in [4.78, 5) is 10.9. The standard InChI is InChI=1S/C11H12BrNO5S/c1-6-2-7(11(14)15)3-9(10(6)12)19(16,17)13-8-4-18-5-8/h2-3,8,13H,4-5H2,1H3,(H,14,15). The summed E-state index contributed by atoms with van der Waals surface area (Å²) in [5.74, 6) is -1.17. The van der Waals surface area contributed by atoms with E-state index in [4.69, 9.17) is 9.84 Å². The molecule has 0 aromatic heterocycles. The minimum Gasteiger partial charge on any atom is -0.478 e. The van der Waals surface area contributed by atoms with E-state index in [9.17, 15) is 13.2 Å². The van der Waals surface area contributed by atoms with Crippen LogP contribution in [0.4, 0.5) is 0 Å². The number of sulfonamides is 1. The molecule has 0 atom stereocenters. The van der Waals surface area contributed by atoms with Gasteiger partial charge >= 0.3 is 5.97 Å². The zero-order valence-electron chi connectivity index (χ0n) is 10.0. The predicted molar refractivity (Wildman–Crippen MR) is 70.8 cm³/mol. The molecule has 1 aromatic rings. The van der Waals surface area contributed by atoms with Crippen LogP contribution >= 0.6 is 15.9 Å². The zero-order valence-corrected chi connectivity index (χ0v) is 12.4. The maximum atomic E-state index is 12.2. The molecule has 2 rings (SSSR count). The highest BCUT2D eigenvalue weighted by molar-refractivity contribution is 9.10. The van der Waals surface area contributed by atoms with E-state index >= 15 is 0 Å². The minimum absolute atomic E-state index is 0.0639. The second-order valence-electron chi connectivity index (χ2n) is 4.27. The van der Waals surface area contributed by atoms with Crippen molar-refractivity contribution < 1.29 is 23.1 Å². The maximum Gasteiger partial charge on any atom is 0.335 e. The van der Waals surface area contributed by atoms with Gasteiger partial charge in [-0.3, -0.25) is 0 Å². The Morgan fingerprint density at radius 3 is 2.58 bits per heavy atom. The summed E-state index contributed by atoms with van der Waals surface area (Å²) in [6.07, 6.45) is 0. The van der Waals surface area contributed by atoms with Gasteiger partial charge in [0.2, 0.25) is 10.0 Å². The third kappa shape index (κ3) is 2.97. The molecule has 0 radical (unpaired) electrons. The number of rotatable bonds is 4. The van der Waals surface area contributed by atoms with Crippen LogP contribution in [0.3, 0.4) is 0 Å². The second kappa shape index (κ2) is 5.20. The second-order valence-corrected chi connectivity index (χ2v) is 6.74. The fraction of sp³-hybridized carbons (Fsp3) is 0.364. The van der Waals surface area contributed by atoms with Gasteiger partial charge in [-0.15, -0.1) is 0 Å². The molecular weight excluding hydrogens is 338 g/mol. The number of hydrogen-bond donors (Lipinski definition) is 2. The Bertz CT molecular complexity index is 624. The van der Waals surface area contributed by atoms with Crippen molar-refractivity contribution in [1.82, 2.24) is 4.72 Å². The number of nitrogens with one attached hydrogen (secondary N) is 1. The van der Waals surface area contributed by atoms with Crippen LogP contribution in [0.15, 0.2) is 21.5 Å². The van der Waals surface area contributed by atoms with E-state index in [2.05, 4.69) is 20.7 Å². The topological polar surface area (TPSA) is 92.7 Å². The van der Waals surface area contributed by atoms with Crippen molar-refractivity contribution in [2.45, 2.75) is 17.9 Å². The summed E-state index contributed by atoms with van der Waals surface area (Å²) in [7, 11) is -3.77. The Morgan fingerprint density at radius 2 is 2.11 bits per heavy atom. The van der Waals surface area contributed by atoms with E-state index < -0.39 is 16.0 Å². The molecule has 0 spiro atoms. The van der Waals surface area contributed by atoms with E-state index in [0.717, 1.165) is 6.07 Å². The summed E-state index contributed by atoms with van der Waals surface area (Å²) >= 11 is 3.19. The number of benzene rings is 1. The van der Waals surface area contributed by atoms with Gasteiger partial charge in [-0.05, 0) is 40.5 Å². The maximum absolute atomic E-state index is 12.2. The monoisotopic (exact) mass is 349 g/mol. The molecule has 0 saturated carbocycles. The third-order valence-electron chi connectivity index (χ3n) is 2.72. The molecule has 19 heavy (non-hydrogen) atoms. The van der Waals surface area contributed by atoms with Gasteiger partial charge in [0.15, 0.2) is 0 Å². The number of hydrogen-bond acceptors (Lipinski definition) is 4. The molecule has 1 aliphatic rings. The van der Waals surface area contributed by atoms with E-state index in [1.807, 2.05) is 0 Å². The van der Waals surface area contributed by atoms with Gasteiger partial charge in [-0.1, -0.05) is 0 Å². The highest BCUT2D eigenvalue weighted by Gasteiger charge is 2.28. The normalized spacial score (nSPS) is 16.1. The number of halogens is 1. The van der Waals surface area contributed by atoms with Gasteiger partial charge < -0.3 is 9.84 Å². The third-order valence-corrected chi connectivity index (χ3v) is 5.58. The van der Waals surface area contributed by atoms with E-state index in [0.29, 0.717) is 23.2 Å². The van der Waals surface area contributed by atoms with Crippen molar-refractivity contribution in [3.63, 3.8) is 0 Å². The Kier molecular flexibility index (Phi) is 3.95. The lowest BCUT2D eigenvalue weighted by atomic mass is 10.1. The van der Waals surface area contributed by atoms with Gasteiger partial charge in [0.1, 0.15) is 0 Å². The molecule has 0 aliphatic carbocycles. The van der Waals surface area contributed by atoms with Crippen LogP contribution in [0.25, 0.3) is 0 Å².